The first-order valence-electron chi connectivity index (χ1n) is 10.4. The summed E-state index contributed by atoms with van der Waals surface area (Å²) in [6.07, 6.45) is 5.30. The first-order chi connectivity index (χ1) is 13.1. The lowest BCUT2D eigenvalue weighted by atomic mass is 9.96. The maximum Gasteiger partial charge on any atom is 0.317 e. The van der Waals surface area contributed by atoms with Gasteiger partial charge in [-0.25, -0.2) is 4.79 Å². The van der Waals surface area contributed by atoms with Crippen LogP contribution in [0.1, 0.15) is 38.5 Å². The molecule has 4 fully saturated rings. The number of amides is 4. The molecule has 2 atom stereocenters. The molecule has 4 rings (SSSR count). The van der Waals surface area contributed by atoms with Crippen molar-refractivity contribution in [2.75, 3.05) is 45.9 Å². The number of urea groups is 1. The summed E-state index contributed by atoms with van der Waals surface area (Å²) in [5, 5.41) is 3.01. The third-order valence-electron chi connectivity index (χ3n) is 6.07. The lowest BCUT2D eigenvalue weighted by Gasteiger charge is -2.39. The second-order valence-corrected chi connectivity index (χ2v) is 8.16. The quantitative estimate of drug-likeness (QED) is 0.772. The number of carbonyl (C=O) groups is 3. The summed E-state index contributed by atoms with van der Waals surface area (Å²) in [5.74, 6) is 0.0763. The van der Waals surface area contributed by atoms with Gasteiger partial charge in [-0.1, -0.05) is 0 Å². The van der Waals surface area contributed by atoms with Gasteiger partial charge < -0.3 is 24.8 Å². The minimum absolute atomic E-state index is 0.0259. The molecule has 8 heteroatoms. The molecule has 27 heavy (non-hydrogen) atoms. The highest BCUT2D eigenvalue weighted by Gasteiger charge is 2.36. The molecular formula is C19H30N4O4. The smallest absolute Gasteiger partial charge is 0.317 e. The van der Waals surface area contributed by atoms with Crippen LogP contribution in [-0.2, 0) is 14.3 Å². The summed E-state index contributed by atoms with van der Waals surface area (Å²) in [4.78, 5) is 43.1. The number of likely N-dealkylation sites (tertiary alicyclic amines) is 1. The topological polar surface area (TPSA) is 82.2 Å². The SMILES string of the molecule is O=C(NC1CC1)N1CCCC(C(=O)N2CCN(C(=O)C3CCCO3)CC2)C1. The molecule has 1 aliphatic carbocycles. The number of rotatable bonds is 3. The van der Waals surface area contributed by atoms with Gasteiger partial charge in [0.1, 0.15) is 6.10 Å². The Bertz CT molecular complexity index is 580. The fourth-order valence-electron chi connectivity index (χ4n) is 4.24. The zero-order chi connectivity index (χ0) is 18.8. The molecule has 0 aromatic heterocycles. The van der Waals surface area contributed by atoms with E-state index in [1.165, 1.54) is 0 Å². The van der Waals surface area contributed by atoms with E-state index in [0.29, 0.717) is 45.4 Å². The molecule has 3 aliphatic heterocycles. The summed E-state index contributed by atoms with van der Waals surface area (Å²) < 4.78 is 5.49. The second-order valence-electron chi connectivity index (χ2n) is 8.16. The van der Waals surface area contributed by atoms with Gasteiger partial charge in [0.2, 0.25) is 5.91 Å². The Morgan fingerprint density at radius 1 is 0.778 bits per heavy atom. The van der Waals surface area contributed by atoms with E-state index in [-0.39, 0.29) is 29.9 Å². The maximum absolute atomic E-state index is 12.9. The van der Waals surface area contributed by atoms with Crippen LogP contribution in [0.15, 0.2) is 0 Å². The van der Waals surface area contributed by atoms with Crippen molar-refractivity contribution in [2.24, 2.45) is 5.92 Å². The van der Waals surface area contributed by atoms with Crippen LogP contribution in [-0.4, -0.2) is 90.6 Å². The molecule has 0 radical (unpaired) electrons. The third kappa shape index (κ3) is 4.36. The lowest BCUT2D eigenvalue weighted by Crippen LogP contribution is -2.56. The molecule has 2 unspecified atom stereocenters. The van der Waals surface area contributed by atoms with Crippen LogP contribution < -0.4 is 5.32 Å². The first-order valence-corrected chi connectivity index (χ1v) is 10.4. The van der Waals surface area contributed by atoms with Crippen LogP contribution in [0.2, 0.25) is 0 Å². The molecule has 4 aliphatic rings. The van der Waals surface area contributed by atoms with Crippen molar-refractivity contribution < 1.29 is 19.1 Å². The summed E-state index contributed by atoms with van der Waals surface area (Å²) in [6, 6.07) is 0.310. The Morgan fingerprint density at radius 2 is 1.48 bits per heavy atom. The Hall–Kier alpha value is -1.83. The largest absolute Gasteiger partial charge is 0.368 e. The van der Waals surface area contributed by atoms with Crippen LogP contribution >= 0.6 is 0 Å². The zero-order valence-electron chi connectivity index (χ0n) is 15.9. The lowest BCUT2D eigenvalue weighted by molar-refractivity contribution is -0.147. The molecule has 8 nitrogen and oxygen atoms in total. The zero-order valence-corrected chi connectivity index (χ0v) is 15.9. The highest BCUT2D eigenvalue weighted by atomic mass is 16.5. The van der Waals surface area contributed by atoms with Crippen molar-refractivity contribution in [3.05, 3.63) is 0 Å². The summed E-state index contributed by atoms with van der Waals surface area (Å²) in [6.45, 7) is 4.19. The highest BCUT2D eigenvalue weighted by Crippen LogP contribution is 2.23. The van der Waals surface area contributed by atoms with Crippen LogP contribution in [0.5, 0.6) is 0 Å². The molecule has 0 spiro atoms. The van der Waals surface area contributed by atoms with E-state index in [1.807, 2.05) is 9.80 Å². The van der Waals surface area contributed by atoms with Crippen molar-refractivity contribution >= 4 is 17.8 Å². The Balaban J connectivity index is 1.25. The fourth-order valence-corrected chi connectivity index (χ4v) is 4.24. The van der Waals surface area contributed by atoms with E-state index < -0.39 is 0 Å². The molecule has 3 saturated heterocycles. The van der Waals surface area contributed by atoms with Crippen molar-refractivity contribution in [3.8, 4) is 0 Å². The predicted molar refractivity (Wildman–Crippen MR) is 98.0 cm³/mol. The van der Waals surface area contributed by atoms with Crippen LogP contribution in [0.3, 0.4) is 0 Å². The van der Waals surface area contributed by atoms with Gasteiger partial charge in [-0.15, -0.1) is 0 Å². The maximum atomic E-state index is 12.9. The van der Waals surface area contributed by atoms with Crippen LogP contribution in [0, 0.1) is 5.92 Å². The van der Waals surface area contributed by atoms with E-state index in [0.717, 1.165) is 45.1 Å². The molecule has 150 valence electrons. The van der Waals surface area contributed by atoms with Gasteiger partial charge in [0.15, 0.2) is 0 Å². The van der Waals surface area contributed by atoms with E-state index in [4.69, 9.17) is 4.74 Å². The number of hydrogen-bond acceptors (Lipinski definition) is 4. The average molecular weight is 378 g/mol. The van der Waals surface area contributed by atoms with E-state index >= 15 is 0 Å². The molecule has 4 amide bonds. The second kappa shape index (κ2) is 8.04. The number of carbonyl (C=O) groups excluding carboxylic acids is 3. The van der Waals surface area contributed by atoms with Crippen molar-refractivity contribution in [3.63, 3.8) is 0 Å². The number of piperazine rings is 1. The molecule has 1 N–H and O–H groups in total. The fraction of sp³-hybridized carbons (Fsp3) is 0.842. The normalized spacial score (nSPS) is 29.0. The molecule has 0 aromatic carbocycles. The van der Waals surface area contributed by atoms with Gasteiger partial charge in [0, 0.05) is 51.9 Å². The van der Waals surface area contributed by atoms with Gasteiger partial charge in [-0.2, -0.15) is 0 Å². The minimum atomic E-state index is -0.288. The number of ether oxygens (including phenoxy) is 1. The summed E-state index contributed by atoms with van der Waals surface area (Å²) in [5.41, 5.74) is 0. The van der Waals surface area contributed by atoms with Gasteiger partial charge in [-0.3, -0.25) is 9.59 Å². The Morgan fingerprint density at radius 3 is 2.11 bits per heavy atom. The van der Waals surface area contributed by atoms with Crippen molar-refractivity contribution in [2.45, 2.75) is 50.7 Å². The predicted octanol–water partition coefficient (Wildman–Crippen LogP) is 0.420. The van der Waals surface area contributed by atoms with E-state index in [1.54, 1.807) is 4.90 Å². The van der Waals surface area contributed by atoms with Crippen LogP contribution in [0.4, 0.5) is 4.79 Å². The molecule has 0 bridgehead atoms. The van der Waals surface area contributed by atoms with Gasteiger partial charge in [0.25, 0.3) is 5.91 Å². The number of nitrogens with zero attached hydrogens (tertiary/aromatic N) is 3. The highest BCUT2D eigenvalue weighted by molar-refractivity contribution is 5.83. The summed E-state index contributed by atoms with van der Waals surface area (Å²) >= 11 is 0. The van der Waals surface area contributed by atoms with Gasteiger partial charge >= 0.3 is 6.03 Å². The number of nitrogens with one attached hydrogen (secondary N) is 1. The van der Waals surface area contributed by atoms with Gasteiger partial charge in [0.05, 0.1) is 5.92 Å². The molecule has 3 heterocycles. The van der Waals surface area contributed by atoms with E-state index in [2.05, 4.69) is 5.32 Å². The number of piperidine rings is 1. The monoisotopic (exact) mass is 378 g/mol. The van der Waals surface area contributed by atoms with Crippen molar-refractivity contribution in [1.29, 1.82) is 0 Å². The minimum Gasteiger partial charge on any atom is -0.368 e. The summed E-state index contributed by atoms with van der Waals surface area (Å²) in [7, 11) is 0. The molecule has 1 saturated carbocycles. The van der Waals surface area contributed by atoms with E-state index in [9.17, 15) is 14.4 Å². The average Bonchev–Trinajstić information content (AvgIpc) is 3.35. The Labute approximate surface area is 160 Å². The van der Waals surface area contributed by atoms with Gasteiger partial charge in [-0.05, 0) is 38.5 Å². The molecular weight excluding hydrogens is 348 g/mol. The molecule has 0 aromatic rings. The van der Waals surface area contributed by atoms with Crippen molar-refractivity contribution in [1.82, 2.24) is 20.0 Å². The third-order valence-corrected chi connectivity index (χ3v) is 6.07. The van der Waals surface area contributed by atoms with Crippen LogP contribution in [0.25, 0.3) is 0 Å². The standard InChI is InChI=1S/C19H30N4O4/c24-17(14-3-1-7-23(13-14)19(26)20-15-5-6-15)21-8-10-22(11-9-21)18(25)16-4-2-12-27-16/h14-16H,1-13H2,(H,20,26). The first kappa shape index (κ1) is 18.5. The Kier molecular flexibility index (Phi) is 5.52. The number of hydrogen-bond donors (Lipinski definition) is 1.